The molecule has 0 aliphatic carbocycles. The Bertz CT molecular complexity index is 800. The van der Waals surface area contributed by atoms with E-state index < -0.39 is 0 Å². The highest BCUT2D eigenvalue weighted by atomic mass is 16.5. The third-order valence-electron chi connectivity index (χ3n) is 3.94. The second kappa shape index (κ2) is 8.15. The first-order valence-corrected chi connectivity index (χ1v) is 8.27. The molecule has 0 radical (unpaired) electrons. The lowest BCUT2D eigenvalue weighted by Crippen LogP contribution is -2.27. The number of benzene rings is 2. The summed E-state index contributed by atoms with van der Waals surface area (Å²) in [7, 11) is 0. The van der Waals surface area contributed by atoms with Crippen LogP contribution in [0.15, 0.2) is 66.7 Å². The molecule has 1 unspecified atom stereocenters. The van der Waals surface area contributed by atoms with Crippen LogP contribution in [0.1, 0.15) is 34.6 Å². The van der Waals surface area contributed by atoms with Crippen molar-refractivity contribution in [3.8, 4) is 5.75 Å². The molecular weight excluding hydrogens is 314 g/mol. The van der Waals surface area contributed by atoms with Crippen molar-refractivity contribution in [2.75, 3.05) is 6.54 Å². The Kier molecular flexibility index (Phi) is 5.46. The minimum Gasteiger partial charge on any atom is -0.487 e. The smallest absolute Gasteiger partial charge is 0.271 e. The van der Waals surface area contributed by atoms with Gasteiger partial charge in [-0.2, -0.15) is 5.10 Å². The molecule has 3 aromatic rings. The predicted molar refractivity (Wildman–Crippen MR) is 96.6 cm³/mol. The first kappa shape index (κ1) is 16.8. The lowest BCUT2D eigenvalue weighted by atomic mass is 10.0. The van der Waals surface area contributed by atoms with Crippen molar-refractivity contribution in [3.63, 3.8) is 0 Å². The van der Waals surface area contributed by atoms with Crippen LogP contribution in [0.5, 0.6) is 5.75 Å². The molecule has 5 heteroatoms. The fourth-order valence-electron chi connectivity index (χ4n) is 2.47. The van der Waals surface area contributed by atoms with Gasteiger partial charge in [-0.25, -0.2) is 0 Å². The minimum absolute atomic E-state index is 0.190. The molecule has 0 aliphatic rings. The van der Waals surface area contributed by atoms with Crippen molar-refractivity contribution >= 4 is 5.91 Å². The van der Waals surface area contributed by atoms with Gasteiger partial charge in [0.15, 0.2) is 0 Å². The summed E-state index contributed by atoms with van der Waals surface area (Å²) in [5, 5.41) is 9.82. The number of carbonyl (C=O) groups is 1. The largest absolute Gasteiger partial charge is 0.487 e. The first-order valence-electron chi connectivity index (χ1n) is 8.27. The second-order valence-corrected chi connectivity index (χ2v) is 5.90. The summed E-state index contributed by atoms with van der Waals surface area (Å²) >= 11 is 0. The average Bonchev–Trinajstić information content (AvgIpc) is 3.15. The highest BCUT2D eigenvalue weighted by molar-refractivity contribution is 5.92. The average molecular weight is 335 g/mol. The molecule has 1 heterocycles. The fraction of sp³-hybridized carbons (Fsp3) is 0.200. The van der Waals surface area contributed by atoms with E-state index in [0.29, 0.717) is 18.8 Å². The molecule has 2 aromatic carbocycles. The number of hydrogen-bond acceptors (Lipinski definition) is 3. The maximum absolute atomic E-state index is 12.2. The van der Waals surface area contributed by atoms with Gasteiger partial charge in [0.05, 0.1) is 5.69 Å². The Morgan fingerprint density at radius 3 is 2.52 bits per heavy atom. The van der Waals surface area contributed by atoms with Crippen molar-refractivity contribution < 1.29 is 9.53 Å². The Morgan fingerprint density at radius 1 is 1.12 bits per heavy atom. The molecule has 1 aromatic heterocycles. The number of nitrogens with zero attached hydrogens (tertiary/aromatic N) is 1. The lowest BCUT2D eigenvalue weighted by Gasteiger charge is -2.12. The number of para-hydroxylation sites is 1. The highest BCUT2D eigenvalue weighted by Gasteiger charge is 2.12. The standard InChI is InChI=1S/C20H21N3O2/c1-15(16-8-4-2-5-9-16)13-21-20(24)19-12-17(22-23-19)14-25-18-10-6-3-7-11-18/h2-12,15H,13-14H2,1H3,(H,21,24)(H,22,23). The molecule has 0 fully saturated rings. The number of nitrogens with one attached hydrogen (secondary N) is 2. The maximum atomic E-state index is 12.2. The molecule has 0 spiro atoms. The summed E-state index contributed by atoms with van der Waals surface area (Å²) in [4.78, 5) is 12.2. The zero-order valence-electron chi connectivity index (χ0n) is 14.1. The van der Waals surface area contributed by atoms with E-state index in [1.165, 1.54) is 5.56 Å². The molecule has 2 N–H and O–H groups in total. The van der Waals surface area contributed by atoms with Gasteiger partial charge in [0.1, 0.15) is 18.1 Å². The fourth-order valence-corrected chi connectivity index (χ4v) is 2.47. The summed E-state index contributed by atoms with van der Waals surface area (Å²) in [5.41, 5.74) is 2.32. The van der Waals surface area contributed by atoms with Crippen LogP contribution in [0.25, 0.3) is 0 Å². The van der Waals surface area contributed by atoms with Gasteiger partial charge < -0.3 is 10.1 Å². The van der Waals surface area contributed by atoms with E-state index >= 15 is 0 Å². The van der Waals surface area contributed by atoms with E-state index in [-0.39, 0.29) is 11.8 Å². The molecule has 0 bridgehead atoms. The number of H-pyrrole nitrogens is 1. The third kappa shape index (κ3) is 4.70. The molecule has 1 amide bonds. The maximum Gasteiger partial charge on any atom is 0.271 e. The van der Waals surface area contributed by atoms with Gasteiger partial charge in [-0.05, 0) is 29.7 Å². The van der Waals surface area contributed by atoms with Crippen molar-refractivity contribution in [1.29, 1.82) is 0 Å². The number of ether oxygens (including phenoxy) is 1. The Labute approximate surface area is 147 Å². The zero-order valence-corrected chi connectivity index (χ0v) is 14.1. The van der Waals surface area contributed by atoms with Gasteiger partial charge in [0.25, 0.3) is 5.91 Å². The molecule has 128 valence electrons. The Balaban J connectivity index is 1.50. The number of aromatic nitrogens is 2. The molecule has 3 rings (SSSR count). The number of aromatic amines is 1. The minimum atomic E-state index is -0.190. The van der Waals surface area contributed by atoms with E-state index in [4.69, 9.17) is 4.74 Å². The predicted octanol–water partition coefficient (Wildman–Crippen LogP) is 3.52. The van der Waals surface area contributed by atoms with Gasteiger partial charge in [0.2, 0.25) is 0 Å². The third-order valence-corrected chi connectivity index (χ3v) is 3.94. The van der Waals surface area contributed by atoms with E-state index in [9.17, 15) is 4.79 Å². The number of rotatable bonds is 7. The van der Waals surface area contributed by atoms with Crippen LogP contribution in [0.2, 0.25) is 0 Å². The van der Waals surface area contributed by atoms with Gasteiger partial charge >= 0.3 is 0 Å². The number of amides is 1. The van der Waals surface area contributed by atoms with Crippen LogP contribution >= 0.6 is 0 Å². The summed E-state index contributed by atoms with van der Waals surface area (Å²) in [5.74, 6) is 0.828. The second-order valence-electron chi connectivity index (χ2n) is 5.90. The topological polar surface area (TPSA) is 67.0 Å². The molecular formula is C20H21N3O2. The SMILES string of the molecule is CC(CNC(=O)c1cc(COc2ccccc2)[nH]n1)c1ccccc1. The van der Waals surface area contributed by atoms with Crippen LogP contribution in [0, 0.1) is 0 Å². The highest BCUT2D eigenvalue weighted by Crippen LogP contribution is 2.14. The van der Waals surface area contributed by atoms with E-state index in [2.05, 4.69) is 34.6 Å². The van der Waals surface area contributed by atoms with Gasteiger partial charge in [-0.15, -0.1) is 0 Å². The van der Waals surface area contributed by atoms with Crippen LogP contribution in [-0.2, 0) is 6.61 Å². The Morgan fingerprint density at radius 2 is 1.80 bits per heavy atom. The van der Waals surface area contributed by atoms with Crippen LogP contribution < -0.4 is 10.1 Å². The van der Waals surface area contributed by atoms with Crippen molar-refractivity contribution in [3.05, 3.63) is 83.7 Å². The summed E-state index contributed by atoms with van der Waals surface area (Å²) in [6, 6.07) is 21.3. The lowest BCUT2D eigenvalue weighted by molar-refractivity contribution is 0.0946. The van der Waals surface area contributed by atoms with Crippen LogP contribution in [0.4, 0.5) is 0 Å². The number of hydrogen-bond donors (Lipinski definition) is 2. The monoisotopic (exact) mass is 335 g/mol. The summed E-state index contributed by atoms with van der Waals surface area (Å²) in [6.45, 7) is 2.98. The molecule has 1 atom stereocenters. The van der Waals surface area contributed by atoms with Crippen molar-refractivity contribution in [2.45, 2.75) is 19.4 Å². The molecule has 0 aliphatic heterocycles. The zero-order chi connectivity index (χ0) is 17.5. The summed E-state index contributed by atoms with van der Waals surface area (Å²) in [6.07, 6.45) is 0. The van der Waals surface area contributed by atoms with Gasteiger partial charge in [-0.1, -0.05) is 55.5 Å². The quantitative estimate of drug-likeness (QED) is 0.694. The first-order chi connectivity index (χ1) is 12.2. The van der Waals surface area contributed by atoms with Crippen molar-refractivity contribution in [1.82, 2.24) is 15.5 Å². The van der Waals surface area contributed by atoms with E-state index in [1.54, 1.807) is 6.07 Å². The van der Waals surface area contributed by atoms with Crippen molar-refractivity contribution in [2.24, 2.45) is 0 Å². The van der Waals surface area contributed by atoms with E-state index in [1.807, 2.05) is 48.5 Å². The van der Waals surface area contributed by atoms with Crippen LogP contribution in [-0.4, -0.2) is 22.6 Å². The molecule has 25 heavy (non-hydrogen) atoms. The normalized spacial score (nSPS) is 11.7. The molecule has 0 saturated carbocycles. The van der Waals surface area contributed by atoms with E-state index in [0.717, 1.165) is 11.4 Å². The Hall–Kier alpha value is -3.08. The molecule has 5 nitrogen and oxygen atoms in total. The van der Waals surface area contributed by atoms with Gasteiger partial charge in [0, 0.05) is 6.54 Å². The van der Waals surface area contributed by atoms with Gasteiger partial charge in [-0.3, -0.25) is 9.89 Å². The van der Waals surface area contributed by atoms with Crippen LogP contribution in [0.3, 0.4) is 0 Å². The summed E-state index contributed by atoms with van der Waals surface area (Å²) < 4.78 is 5.64. The number of carbonyl (C=O) groups excluding carboxylic acids is 1. The molecule has 0 saturated heterocycles.